The van der Waals surface area contributed by atoms with Gasteiger partial charge in [-0.3, -0.25) is 4.79 Å². The fourth-order valence-electron chi connectivity index (χ4n) is 2.58. The standard InChI is InChI=1S/C16H16N6O/c1-10-3-2-4-13(5-10)22-9-12(6-14(22)23)20-16-19-8-11(7-17)15(18)21-16/h2-5,8,12H,6,9H2,1H3,(H3,18,19,20,21). The Labute approximate surface area is 133 Å². The maximum Gasteiger partial charge on any atom is 0.229 e. The minimum atomic E-state index is -0.102. The van der Waals surface area contributed by atoms with Crippen LogP contribution in [0.4, 0.5) is 17.5 Å². The van der Waals surface area contributed by atoms with Crippen molar-refractivity contribution in [2.45, 2.75) is 19.4 Å². The van der Waals surface area contributed by atoms with Crippen LogP contribution in [0.1, 0.15) is 17.5 Å². The van der Waals surface area contributed by atoms with Gasteiger partial charge in [-0.2, -0.15) is 10.2 Å². The summed E-state index contributed by atoms with van der Waals surface area (Å²) in [5.41, 5.74) is 7.91. The first kappa shape index (κ1) is 14.8. The number of nitrogens with two attached hydrogens (primary N) is 1. The van der Waals surface area contributed by atoms with Gasteiger partial charge in [0.2, 0.25) is 11.9 Å². The van der Waals surface area contributed by atoms with E-state index in [1.165, 1.54) is 6.20 Å². The summed E-state index contributed by atoms with van der Waals surface area (Å²) in [6.07, 6.45) is 1.73. The molecule has 116 valence electrons. The number of aromatic nitrogens is 2. The molecule has 1 aromatic carbocycles. The van der Waals surface area contributed by atoms with Gasteiger partial charge in [-0.25, -0.2) is 4.98 Å². The quantitative estimate of drug-likeness (QED) is 0.888. The van der Waals surface area contributed by atoms with Gasteiger partial charge in [-0.1, -0.05) is 12.1 Å². The Bertz CT molecular complexity index is 797. The highest BCUT2D eigenvalue weighted by atomic mass is 16.2. The van der Waals surface area contributed by atoms with Crippen molar-refractivity contribution in [1.29, 1.82) is 5.26 Å². The third-order valence-corrected chi connectivity index (χ3v) is 3.71. The van der Waals surface area contributed by atoms with E-state index in [1.54, 1.807) is 4.90 Å². The van der Waals surface area contributed by atoms with Crippen LogP contribution in [0.2, 0.25) is 0 Å². The SMILES string of the molecule is Cc1cccc(N2CC(Nc3ncc(C#N)c(N)n3)CC2=O)c1. The number of carbonyl (C=O) groups is 1. The van der Waals surface area contributed by atoms with Crippen molar-refractivity contribution in [2.75, 3.05) is 22.5 Å². The van der Waals surface area contributed by atoms with Gasteiger partial charge in [0.1, 0.15) is 17.5 Å². The molecule has 2 aromatic rings. The molecule has 1 saturated heterocycles. The fraction of sp³-hybridized carbons (Fsp3) is 0.250. The summed E-state index contributed by atoms with van der Waals surface area (Å²) in [5, 5.41) is 11.9. The Morgan fingerprint density at radius 3 is 3.00 bits per heavy atom. The van der Waals surface area contributed by atoms with E-state index in [2.05, 4.69) is 15.3 Å². The number of nitriles is 1. The molecule has 3 rings (SSSR count). The van der Waals surface area contributed by atoms with Gasteiger partial charge in [-0.15, -0.1) is 0 Å². The normalized spacial score (nSPS) is 17.1. The topological polar surface area (TPSA) is 108 Å². The molecule has 1 aromatic heterocycles. The monoisotopic (exact) mass is 308 g/mol. The Kier molecular flexibility index (Phi) is 3.81. The predicted octanol–water partition coefficient (Wildman–Crippen LogP) is 1.46. The van der Waals surface area contributed by atoms with E-state index in [9.17, 15) is 4.79 Å². The molecule has 0 saturated carbocycles. The van der Waals surface area contributed by atoms with Crippen LogP contribution < -0.4 is 16.0 Å². The number of carbonyl (C=O) groups excluding carboxylic acids is 1. The molecule has 1 atom stereocenters. The molecule has 0 spiro atoms. The van der Waals surface area contributed by atoms with Gasteiger partial charge < -0.3 is 16.0 Å². The number of hydrogen-bond donors (Lipinski definition) is 2. The Balaban J connectivity index is 1.73. The molecule has 2 heterocycles. The van der Waals surface area contributed by atoms with Crippen LogP contribution in [0.25, 0.3) is 0 Å². The first-order valence-electron chi connectivity index (χ1n) is 7.23. The van der Waals surface area contributed by atoms with Crippen LogP contribution >= 0.6 is 0 Å². The highest BCUT2D eigenvalue weighted by molar-refractivity contribution is 5.96. The molecule has 7 heteroatoms. The van der Waals surface area contributed by atoms with E-state index in [4.69, 9.17) is 11.0 Å². The van der Waals surface area contributed by atoms with Crippen LogP contribution in [0.3, 0.4) is 0 Å². The zero-order valence-corrected chi connectivity index (χ0v) is 12.7. The number of benzene rings is 1. The largest absolute Gasteiger partial charge is 0.382 e. The lowest BCUT2D eigenvalue weighted by molar-refractivity contribution is -0.117. The smallest absolute Gasteiger partial charge is 0.229 e. The van der Waals surface area contributed by atoms with E-state index in [-0.39, 0.29) is 23.3 Å². The lowest BCUT2D eigenvalue weighted by Crippen LogP contribution is -2.28. The third-order valence-electron chi connectivity index (χ3n) is 3.71. The van der Waals surface area contributed by atoms with E-state index in [1.807, 2.05) is 37.3 Å². The summed E-state index contributed by atoms with van der Waals surface area (Å²) < 4.78 is 0. The second kappa shape index (κ2) is 5.93. The summed E-state index contributed by atoms with van der Waals surface area (Å²) in [4.78, 5) is 22.1. The highest BCUT2D eigenvalue weighted by Crippen LogP contribution is 2.24. The Morgan fingerprint density at radius 1 is 1.48 bits per heavy atom. The number of nitrogens with one attached hydrogen (secondary N) is 1. The summed E-state index contributed by atoms with van der Waals surface area (Å²) in [7, 11) is 0. The molecule has 0 aliphatic carbocycles. The van der Waals surface area contributed by atoms with Crippen molar-refractivity contribution >= 4 is 23.4 Å². The first-order chi connectivity index (χ1) is 11.1. The van der Waals surface area contributed by atoms with Crippen LogP contribution in [0.5, 0.6) is 0 Å². The van der Waals surface area contributed by atoms with Gasteiger partial charge >= 0.3 is 0 Å². The summed E-state index contributed by atoms with van der Waals surface area (Å²) in [5.74, 6) is 0.505. The first-order valence-corrected chi connectivity index (χ1v) is 7.23. The van der Waals surface area contributed by atoms with Gasteiger partial charge in [-0.05, 0) is 24.6 Å². The van der Waals surface area contributed by atoms with Gasteiger partial charge in [0.15, 0.2) is 0 Å². The van der Waals surface area contributed by atoms with Crippen molar-refractivity contribution < 1.29 is 4.79 Å². The number of amides is 1. The molecule has 1 aliphatic heterocycles. The Hall–Kier alpha value is -3.14. The van der Waals surface area contributed by atoms with Crippen molar-refractivity contribution in [1.82, 2.24) is 9.97 Å². The van der Waals surface area contributed by atoms with E-state index in [0.29, 0.717) is 18.9 Å². The van der Waals surface area contributed by atoms with Crippen LogP contribution in [-0.4, -0.2) is 28.5 Å². The average Bonchev–Trinajstić information content (AvgIpc) is 2.88. The Morgan fingerprint density at radius 2 is 2.30 bits per heavy atom. The molecule has 23 heavy (non-hydrogen) atoms. The number of nitrogen functional groups attached to an aromatic ring is 1. The zero-order valence-electron chi connectivity index (χ0n) is 12.7. The van der Waals surface area contributed by atoms with Gasteiger partial charge in [0.25, 0.3) is 0 Å². The molecular weight excluding hydrogens is 292 g/mol. The molecule has 1 fully saturated rings. The van der Waals surface area contributed by atoms with Crippen molar-refractivity contribution in [3.63, 3.8) is 0 Å². The van der Waals surface area contributed by atoms with E-state index in [0.717, 1.165) is 11.3 Å². The summed E-state index contributed by atoms with van der Waals surface area (Å²) in [6.45, 7) is 2.53. The minimum Gasteiger partial charge on any atom is -0.382 e. The molecular formula is C16H16N6O. The average molecular weight is 308 g/mol. The second-order valence-electron chi connectivity index (χ2n) is 5.49. The van der Waals surface area contributed by atoms with Crippen LogP contribution in [-0.2, 0) is 4.79 Å². The van der Waals surface area contributed by atoms with Crippen molar-refractivity contribution in [3.8, 4) is 6.07 Å². The maximum absolute atomic E-state index is 12.2. The minimum absolute atomic E-state index is 0.0507. The molecule has 7 nitrogen and oxygen atoms in total. The van der Waals surface area contributed by atoms with E-state index < -0.39 is 0 Å². The number of hydrogen-bond acceptors (Lipinski definition) is 6. The molecule has 1 amide bonds. The molecule has 0 bridgehead atoms. The van der Waals surface area contributed by atoms with Crippen LogP contribution in [0.15, 0.2) is 30.5 Å². The number of anilines is 3. The lowest BCUT2D eigenvalue weighted by Gasteiger charge is -2.17. The highest BCUT2D eigenvalue weighted by Gasteiger charge is 2.31. The summed E-state index contributed by atoms with van der Waals surface area (Å²) >= 11 is 0. The number of aryl methyl sites for hydroxylation is 1. The van der Waals surface area contributed by atoms with Crippen molar-refractivity contribution in [3.05, 3.63) is 41.6 Å². The van der Waals surface area contributed by atoms with Crippen LogP contribution in [0, 0.1) is 18.3 Å². The third kappa shape index (κ3) is 3.06. The van der Waals surface area contributed by atoms with Crippen molar-refractivity contribution in [2.24, 2.45) is 0 Å². The fourth-order valence-corrected chi connectivity index (χ4v) is 2.58. The molecule has 1 aliphatic rings. The van der Waals surface area contributed by atoms with Gasteiger partial charge in [0.05, 0.1) is 12.2 Å². The maximum atomic E-state index is 12.2. The second-order valence-corrected chi connectivity index (χ2v) is 5.49. The zero-order chi connectivity index (χ0) is 16.4. The predicted molar refractivity (Wildman–Crippen MR) is 86.7 cm³/mol. The number of rotatable bonds is 3. The van der Waals surface area contributed by atoms with E-state index >= 15 is 0 Å². The van der Waals surface area contributed by atoms with Gasteiger partial charge in [0, 0.05) is 18.7 Å². The molecule has 3 N–H and O–H groups in total. The molecule has 0 radical (unpaired) electrons. The summed E-state index contributed by atoms with van der Waals surface area (Å²) in [6, 6.07) is 9.64. The number of nitrogens with zero attached hydrogens (tertiary/aromatic N) is 4. The lowest BCUT2D eigenvalue weighted by atomic mass is 10.2. The molecule has 1 unspecified atom stereocenters.